The second-order valence-corrected chi connectivity index (χ2v) is 8.83. The molecule has 5 nitrogen and oxygen atoms in total. The largest absolute Gasteiger partial charge is 0.504 e. The summed E-state index contributed by atoms with van der Waals surface area (Å²) in [7, 11) is 4.07. The number of aromatic nitrogens is 1. The lowest BCUT2D eigenvalue weighted by Crippen LogP contribution is -2.18. The molecular weight excluding hydrogens is 417 g/mol. The summed E-state index contributed by atoms with van der Waals surface area (Å²) in [5, 5.41) is 14.0. The molecule has 0 atom stereocenters. The van der Waals surface area contributed by atoms with Crippen LogP contribution in [-0.4, -0.2) is 48.5 Å². The molecule has 3 aromatic rings. The van der Waals surface area contributed by atoms with Gasteiger partial charge in [0.1, 0.15) is 6.29 Å². The minimum absolute atomic E-state index is 0.0399. The summed E-state index contributed by atoms with van der Waals surface area (Å²) in [6.07, 6.45) is 5.40. The summed E-state index contributed by atoms with van der Waals surface area (Å²) < 4.78 is 14.1. The van der Waals surface area contributed by atoms with Crippen LogP contribution in [0, 0.1) is 5.82 Å². The average molecular weight is 442 g/mol. The minimum Gasteiger partial charge on any atom is -0.504 e. The Balaban J connectivity index is 1.80. The number of halogens is 2. The molecule has 31 heavy (non-hydrogen) atoms. The summed E-state index contributed by atoms with van der Waals surface area (Å²) in [5.41, 5.74) is 3.43. The molecule has 1 heterocycles. The summed E-state index contributed by atoms with van der Waals surface area (Å²) in [6.45, 7) is 1.70. The molecule has 162 valence electrons. The number of pyridine rings is 1. The molecule has 2 aromatic carbocycles. The molecule has 0 spiro atoms. The van der Waals surface area contributed by atoms with Gasteiger partial charge in [0.2, 0.25) is 0 Å². The summed E-state index contributed by atoms with van der Waals surface area (Å²) in [4.78, 5) is 18.6. The molecule has 7 heteroatoms. The van der Waals surface area contributed by atoms with Crippen LogP contribution in [-0.2, 0) is 10.2 Å². The van der Waals surface area contributed by atoms with Gasteiger partial charge in [-0.1, -0.05) is 17.7 Å². The molecule has 0 bridgehead atoms. The Morgan fingerprint density at radius 2 is 2.03 bits per heavy atom. The van der Waals surface area contributed by atoms with Gasteiger partial charge in [0.05, 0.1) is 16.0 Å². The van der Waals surface area contributed by atoms with E-state index < -0.39 is 17.0 Å². The number of anilines is 1. The number of fused-ring (bicyclic) bond motifs is 1. The van der Waals surface area contributed by atoms with Gasteiger partial charge in [-0.05, 0) is 75.3 Å². The lowest BCUT2D eigenvalue weighted by atomic mass is 9.94. The molecule has 0 amide bonds. The number of carbonyl (C=O) groups is 1. The van der Waals surface area contributed by atoms with E-state index in [1.807, 2.05) is 32.3 Å². The zero-order chi connectivity index (χ0) is 22.2. The predicted molar refractivity (Wildman–Crippen MR) is 122 cm³/mol. The monoisotopic (exact) mass is 441 g/mol. The zero-order valence-corrected chi connectivity index (χ0v) is 18.3. The second kappa shape index (κ2) is 8.44. The number of aldehydes is 1. The number of benzene rings is 2. The van der Waals surface area contributed by atoms with E-state index in [9.17, 15) is 14.3 Å². The van der Waals surface area contributed by atoms with Crippen LogP contribution in [0.5, 0.6) is 5.75 Å². The molecule has 1 fully saturated rings. The van der Waals surface area contributed by atoms with Crippen molar-refractivity contribution >= 4 is 34.5 Å². The van der Waals surface area contributed by atoms with Crippen LogP contribution in [0.15, 0.2) is 36.5 Å². The molecule has 1 aromatic heterocycles. The lowest BCUT2D eigenvalue weighted by Gasteiger charge is -2.19. The SMILES string of the molecule is CN(C)CCCNc1c(C2(C=O)CC2)cnc2ccc(-c3cc(F)c(O)c(Cl)c3)cc12. The Morgan fingerprint density at radius 3 is 2.68 bits per heavy atom. The first kappa shape index (κ1) is 21.5. The van der Waals surface area contributed by atoms with Gasteiger partial charge < -0.3 is 20.1 Å². The van der Waals surface area contributed by atoms with E-state index in [2.05, 4.69) is 15.2 Å². The number of rotatable bonds is 8. The molecule has 4 rings (SSSR count). The first-order chi connectivity index (χ1) is 14.8. The fourth-order valence-electron chi connectivity index (χ4n) is 3.87. The number of hydrogen-bond acceptors (Lipinski definition) is 5. The summed E-state index contributed by atoms with van der Waals surface area (Å²) in [6, 6.07) is 8.45. The van der Waals surface area contributed by atoms with Crippen molar-refractivity contribution in [1.29, 1.82) is 0 Å². The summed E-state index contributed by atoms with van der Waals surface area (Å²) in [5.74, 6) is -1.32. The third-order valence-electron chi connectivity index (χ3n) is 5.85. The van der Waals surface area contributed by atoms with Crippen LogP contribution < -0.4 is 5.32 Å². The Morgan fingerprint density at radius 1 is 1.26 bits per heavy atom. The van der Waals surface area contributed by atoms with E-state index in [1.54, 1.807) is 6.20 Å². The van der Waals surface area contributed by atoms with Crippen molar-refractivity contribution in [3.05, 3.63) is 52.9 Å². The molecule has 0 aliphatic heterocycles. The Bertz CT molecular complexity index is 1120. The van der Waals surface area contributed by atoms with Crippen LogP contribution in [0.3, 0.4) is 0 Å². The van der Waals surface area contributed by atoms with E-state index in [-0.39, 0.29) is 5.02 Å². The third-order valence-corrected chi connectivity index (χ3v) is 6.14. The van der Waals surface area contributed by atoms with Gasteiger partial charge in [0.15, 0.2) is 11.6 Å². The van der Waals surface area contributed by atoms with E-state index >= 15 is 0 Å². The van der Waals surface area contributed by atoms with Crippen molar-refractivity contribution in [1.82, 2.24) is 9.88 Å². The topological polar surface area (TPSA) is 65.5 Å². The van der Waals surface area contributed by atoms with Crippen LogP contribution in [0.1, 0.15) is 24.8 Å². The van der Waals surface area contributed by atoms with Gasteiger partial charge in [-0.2, -0.15) is 0 Å². The maximum absolute atomic E-state index is 14.1. The second-order valence-electron chi connectivity index (χ2n) is 8.42. The van der Waals surface area contributed by atoms with Crippen LogP contribution in [0.2, 0.25) is 5.02 Å². The van der Waals surface area contributed by atoms with Gasteiger partial charge in [-0.25, -0.2) is 4.39 Å². The first-order valence-electron chi connectivity index (χ1n) is 10.3. The average Bonchev–Trinajstić information content (AvgIpc) is 3.55. The van der Waals surface area contributed by atoms with Crippen molar-refractivity contribution in [2.75, 3.05) is 32.5 Å². The highest BCUT2D eigenvalue weighted by Gasteiger charge is 2.46. The Kier molecular flexibility index (Phi) is 5.86. The number of nitrogens with zero attached hydrogens (tertiary/aromatic N) is 2. The molecule has 0 saturated heterocycles. The van der Waals surface area contributed by atoms with Gasteiger partial charge in [0.25, 0.3) is 0 Å². The highest BCUT2D eigenvalue weighted by Crippen LogP contribution is 2.50. The zero-order valence-electron chi connectivity index (χ0n) is 17.6. The minimum atomic E-state index is -0.769. The number of phenolic OH excluding ortho intramolecular Hbond substituents is 1. The Hall–Kier alpha value is -2.70. The molecule has 1 aliphatic rings. The van der Waals surface area contributed by atoms with Crippen molar-refractivity contribution in [3.8, 4) is 16.9 Å². The van der Waals surface area contributed by atoms with E-state index in [0.717, 1.165) is 66.4 Å². The molecular formula is C24H25ClFN3O2. The summed E-state index contributed by atoms with van der Waals surface area (Å²) >= 11 is 5.98. The third kappa shape index (κ3) is 4.23. The van der Waals surface area contributed by atoms with E-state index in [0.29, 0.717) is 5.56 Å². The molecule has 0 radical (unpaired) electrons. The van der Waals surface area contributed by atoms with Crippen LogP contribution >= 0.6 is 11.6 Å². The van der Waals surface area contributed by atoms with E-state index in [4.69, 9.17) is 11.6 Å². The van der Waals surface area contributed by atoms with Gasteiger partial charge >= 0.3 is 0 Å². The number of carbonyl (C=O) groups excluding carboxylic acids is 1. The molecule has 0 unspecified atom stereocenters. The van der Waals surface area contributed by atoms with Crippen molar-refractivity contribution < 1.29 is 14.3 Å². The number of nitrogens with one attached hydrogen (secondary N) is 1. The van der Waals surface area contributed by atoms with Crippen molar-refractivity contribution in [2.45, 2.75) is 24.7 Å². The lowest BCUT2D eigenvalue weighted by molar-refractivity contribution is -0.109. The van der Waals surface area contributed by atoms with E-state index in [1.165, 1.54) is 12.1 Å². The normalized spacial score (nSPS) is 14.7. The fraction of sp³-hybridized carbons (Fsp3) is 0.333. The number of aromatic hydroxyl groups is 1. The highest BCUT2D eigenvalue weighted by atomic mass is 35.5. The predicted octanol–water partition coefficient (Wildman–Crippen LogP) is 4.99. The van der Waals surface area contributed by atoms with Gasteiger partial charge in [-0.3, -0.25) is 4.98 Å². The molecule has 2 N–H and O–H groups in total. The van der Waals surface area contributed by atoms with Crippen molar-refractivity contribution in [2.24, 2.45) is 0 Å². The molecule has 1 aliphatic carbocycles. The maximum atomic E-state index is 14.1. The van der Waals surface area contributed by atoms with Gasteiger partial charge in [-0.15, -0.1) is 0 Å². The Labute approximate surface area is 185 Å². The standard InChI is InChI=1S/C24H25ClFN3O2/c1-29(2)9-3-8-27-22-17-10-15(16-11-19(25)23(31)20(26)12-16)4-5-21(17)28-13-18(22)24(14-30)6-7-24/h4-5,10-14,31H,3,6-9H2,1-2H3,(H,27,28). The first-order valence-corrected chi connectivity index (χ1v) is 10.7. The van der Waals surface area contributed by atoms with Crippen LogP contribution in [0.4, 0.5) is 10.1 Å². The number of phenols is 1. The maximum Gasteiger partial charge on any atom is 0.170 e. The van der Waals surface area contributed by atoms with Crippen molar-refractivity contribution in [3.63, 3.8) is 0 Å². The fourth-order valence-corrected chi connectivity index (χ4v) is 4.07. The molecule has 1 saturated carbocycles. The van der Waals surface area contributed by atoms with Crippen LogP contribution in [0.25, 0.3) is 22.0 Å². The quantitative estimate of drug-likeness (QED) is 0.380. The van der Waals surface area contributed by atoms with Gasteiger partial charge in [0, 0.05) is 29.4 Å². The number of hydrogen-bond donors (Lipinski definition) is 2. The smallest absolute Gasteiger partial charge is 0.170 e. The highest BCUT2D eigenvalue weighted by molar-refractivity contribution is 6.32.